The molecular weight excluding hydrogens is 348 g/mol. The van der Waals surface area contributed by atoms with Gasteiger partial charge in [-0.2, -0.15) is 0 Å². The van der Waals surface area contributed by atoms with E-state index in [-0.39, 0.29) is 0 Å². The van der Waals surface area contributed by atoms with Crippen LogP contribution < -0.4 is 9.47 Å². The molecular formula is C25H26O3. The van der Waals surface area contributed by atoms with Crippen molar-refractivity contribution in [2.45, 2.75) is 33.6 Å². The van der Waals surface area contributed by atoms with Crippen LogP contribution in [-0.2, 0) is 12.8 Å². The average molecular weight is 374 g/mol. The second-order valence-electron chi connectivity index (χ2n) is 7.32. The van der Waals surface area contributed by atoms with Crippen molar-refractivity contribution in [3.05, 3.63) is 70.2 Å². The smallest absolute Gasteiger partial charge is 0.130 e. The number of fused-ring (bicyclic) bond motifs is 1. The van der Waals surface area contributed by atoms with Crippen LogP contribution in [0.4, 0.5) is 0 Å². The third kappa shape index (κ3) is 3.11. The molecule has 0 N–H and O–H groups in total. The maximum Gasteiger partial charge on any atom is 0.130 e. The number of hydrogen-bond donors (Lipinski definition) is 0. The fourth-order valence-corrected chi connectivity index (χ4v) is 3.93. The fraction of sp³-hybridized carbons (Fsp3) is 0.280. The van der Waals surface area contributed by atoms with Crippen LogP contribution in [0.5, 0.6) is 11.5 Å². The molecule has 0 bridgehead atoms. The monoisotopic (exact) mass is 374 g/mol. The van der Waals surface area contributed by atoms with Gasteiger partial charge in [0.25, 0.3) is 0 Å². The van der Waals surface area contributed by atoms with E-state index in [4.69, 9.17) is 13.9 Å². The van der Waals surface area contributed by atoms with Gasteiger partial charge in [-0.25, -0.2) is 0 Å². The first kappa shape index (κ1) is 18.4. The molecule has 1 heterocycles. The van der Waals surface area contributed by atoms with Crippen LogP contribution in [-0.4, -0.2) is 14.2 Å². The summed E-state index contributed by atoms with van der Waals surface area (Å²) in [5.74, 6) is 3.55. The average Bonchev–Trinajstić information content (AvgIpc) is 3.29. The van der Waals surface area contributed by atoms with Crippen molar-refractivity contribution in [3.63, 3.8) is 0 Å². The van der Waals surface area contributed by atoms with Crippen LogP contribution in [0.25, 0.3) is 22.8 Å². The highest BCUT2D eigenvalue weighted by Gasteiger charge is 2.22. The predicted molar refractivity (Wildman–Crippen MR) is 114 cm³/mol. The lowest BCUT2D eigenvalue weighted by molar-refractivity contribution is 0.394. The van der Waals surface area contributed by atoms with E-state index in [9.17, 15) is 0 Å². The Morgan fingerprint density at radius 2 is 1.68 bits per heavy atom. The molecule has 1 aliphatic carbocycles. The highest BCUT2D eigenvalue weighted by molar-refractivity contribution is 5.94. The Balaban J connectivity index is 1.89. The molecule has 3 heteroatoms. The van der Waals surface area contributed by atoms with E-state index in [0.29, 0.717) is 0 Å². The van der Waals surface area contributed by atoms with Gasteiger partial charge in [0.05, 0.1) is 14.2 Å². The molecule has 0 spiro atoms. The number of methoxy groups -OCH3 is 2. The molecule has 0 unspecified atom stereocenters. The standard InChI is InChI=1S/C25H26O3/c1-6-17-7-8-18-10-19(24-9-15(2)16(3)28-24)13-23(18)25(17)20-11-21(26-4)14-22(12-20)27-5/h7-9,11-14H,6,10H2,1-5H3. The van der Waals surface area contributed by atoms with Gasteiger partial charge in [0, 0.05) is 12.5 Å². The Kier molecular flexibility index (Phi) is 4.76. The zero-order valence-corrected chi connectivity index (χ0v) is 17.2. The molecule has 28 heavy (non-hydrogen) atoms. The summed E-state index contributed by atoms with van der Waals surface area (Å²) in [5, 5.41) is 0. The highest BCUT2D eigenvalue weighted by atomic mass is 16.5. The van der Waals surface area contributed by atoms with E-state index in [1.54, 1.807) is 14.2 Å². The Morgan fingerprint density at radius 1 is 0.964 bits per heavy atom. The number of ether oxygens (including phenoxy) is 2. The van der Waals surface area contributed by atoms with E-state index in [0.717, 1.165) is 41.4 Å². The van der Waals surface area contributed by atoms with Crippen LogP contribution in [0.15, 0.2) is 40.8 Å². The Hall–Kier alpha value is -2.94. The molecule has 0 aliphatic heterocycles. The third-order valence-electron chi connectivity index (χ3n) is 5.63. The van der Waals surface area contributed by atoms with Gasteiger partial charge in [0.2, 0.25) is 0 Å². The minimum atomic E-state index is 0.800. The summed E-state index contributed by atoms with van der Waals surface area (Å²) < 4.78 is 17.0. The van der Waals surface area contributed by atoms with E-state index >= 15 is 0 Å². The van der Waals surface area contributed by atoms with Gasteiger partial charge < -0.3 is 13.9 Å². The van der Waals surface area contributed by atoms with Crippen LogP contribution in [0, 0.1) is 13.8 Å². The molecule has 1 aromatic heterocycles. The highest BCUT2D eigenvalue weighted by Crippen LogP contribution is 2.42. The lowest BCUT2D eigenvalue weighted by Crippen LogP contribution is -1.96. The lowest BCUT2D eigenvalue weighted by atomic mass is 9.91. The molecule has 3 nitrogen and oxygen atoms in total. The van der Waals surface area contributed by atoms with Gasteiger partial charge in [0.1, 0.15) is 23.0 Å². The third-order valence-corrected chi connectivity index (χ3v) is 5.63. The summed E-state index contributed by atoms with van der Waals surface area (Å²) in [6.07, 6.45) is 4.14. The topological polar surface area (TPSA) is 31.6 Å². The van der Waals surface area contributed by atoms with Gasteiger partial charge in [-0.15, -0.1) is 0 Å². The zero-order valence-electron chi connectivity index (χ0n) is 17.2. The fourth-order valence-electron chi connectivity index (χ4n) is 3.93. The molecule has 0 radical (unpaired) electrons. The largest absolute Gasteiger partial charge is 0.497 e. The maximum atomic E-state index is 6.00. The van der Waals surface area contributed by atoms with Crippen LogP contribution in [0.3, 0.4) is 0 Å². The summed E-state index contributed by atoms with van der Waals surface area (Å²) >= 11 is 0. The van der Waals surface area contributed by atoms with Gasteiger partial charge in [-0.1, -0.05) is 19.1 Å². The first-order chi connectivity index (χ1) is 13.5. The number of rotatable bonds is 5. The van der Waals surface area contributed by atoms with E-state index in [1.807, 2.05) is 13.0 Å². The van der Waals surface area contributed by atoms with Gasteiger partial charge in [-0.05, 0) is 83.5 Å². The van der Waals surface area contributed by atoms with Crippen LogP contribution in [0.1, 0.15) is 40.7 Å². The minimum Gasteiger partial charge on any atom is -0.497 e. The molecule has 0 amide bonds. The van der Waals surface area contributed by atoms with Crippen molar-refractivity contribution in [1.29, 1.82) is 0 Å². The molecule has 0 fully saturated rings. The van der Waals surface area contributed by atoms with E-state index in [1.165, 1.54) is 33.4 Å². The summed E-state index contributed by atoms with van der Waals surface area (Å²) in [5.41, 5.74) is 8.72. The van der Waals surface area contributed by atoms with Crippen molar-refractivity contribution >= 4 is 11.6 Å². The molecule has 4 rings (SSSR count). The van der Waals surface area contributed by atoms with E-state index in [2.05, 4.69) is 50.3 Å². The SMILES string of the molecule is CCc1ccc2c(c1-c1cc(OC)cc(OC)c1)C=C(c1cc(C)c(C)o1)C2. The van der Waals surface area contributed by atoms with Crippen molar-refractivity contribution < 1.29 is 13.9 Å². The number of furan rings is 1. The number of benzene rings is 2. The molecule has 0 atom stereocenters. The Labute approximate surface area is 166 Å². The lowest BCUT2D eigenvalue weighted by Gasteiger charge is -2.15. The zero-order chi connectivity index (χ0) is 19.8. The van der Waals surface area contributed by atoms with Crippen molar-refractivity contribution in [3.8, 4) is 22.6 Å². The first-order valence-corrected chi connectivity index (χ1v) is 9.70. The summed E-state index contributed by atoms with van der Waals surface area (Å²) in [4.78, 5) is 0. The van der Waals surface area contributed by atoms with Crippen molar-refractivity contribution in [1.82, 2.24) is 0 Å². The normalized spacial score (nSPS) is 12.7. The second-order valence-corrected chi connectivity index (χ2v) is 7.32. The minimum absolute atomic E-state index is 0.800. The number of allylic oxidation sites excluding steroid dienone is 1. The van der Waals surface area contributed by atoms with Crippen molar-refractivity contribution in [2.75, 3.05) is 14.2 Å². The number of aryl methyl sites for hydroxylation is 3. The van der Waals surface area contributed by atoms with Gasteiger partial charge in [-0.3, -0.25) is 0 Å². The molecule has 0 saturated heterocycles. The molecule has 2 aromatic carbocycles. The quantitative estimate of drug-likeness (QED) is 0.530. The summed E-state index contributed by atoms with van der Waals surface area (Å²) in [6.45, 7) is 6.31. The summed E-state index contributed by atoms with van der Waals surface area (Å²) in [6, 6.07) is 12.7. The molecule has 3 aromatic rings. The van der Waals surface area contributed by atoms with Crippen LogP contribution in [0.2, 0.25) is 0 Å². The van der Waals surface area contributed by atoms with E-state index < -0.39 is 0 Å². The summed E-state index contributed by atoms with van der Waals surface area (Å²) in [7, 11) is 3.38. The first-order valence-electron chi connectivity index (χ1n) is 9.70. The Bertz CT molecular complexity index is 1030. The molecule has 1 aliphatic rings. The van der Waals surface area contributed by atoms with Gasteiger partial charge in [0.15, 0.2) is 0 Å². The maximum absolute atomic E-state index is 6.00. The van der Waals surface area contributed by atoms with Gasteiger partial charge >= 0.3 is 0 Å². The molecule has 144 valence electrons. The second kappa shape index (κ2) is 7.23. The van der Waals surface area contributed by atoms with Crippen molar-refractivity contribution in [2.24, 2.45) is 0 Å². The predicted octanol–water partition coefficient (Wildman–Crippen LogP) is 6.24. The van der Waals surface area contributed by atoms with Crippen LogP contribution >= 0.6 is 0 Å². The molecule has 0 saturated carbocycles. The number of hydrogen-bond acceptors (Lipinski definition) is 3. The Morgan fingerprint density at radius 3 is 2.25 bits per heavy atom.